The number of hydrogen-bond donors (Lipinski definition) is 2. The number of carbonyl (C=O) groups excluding carboxylic acids is 2. The Morgan fingerprint density at radius 2 is 0.872 bits per heavy atom. The van der Waals surface area contributed by atoms with Crippen molar-refractivity contribution in [1.29, 1.82) is 10.5 Å². The zero-order valence-corrected chi connectivity index (χ0v) is 46.3. The Balaban J connectivity index is 0.000000231. The van der Waals surface area contributed by atoms with Crippen LogP contribution in [0, 0.1) is 22.7 Å². The van der Waals surface area contributed by atoms with Gasteiger partial charge in [-0.2, -0.15) is 19.1 Å². The van der Waals surface area contributed by atoms with E-state index in [1.165, 1.54) is 36.4 Å². The predicted octanol–water partition coefficient (Wildman–Crippen LogP) is 10.4. The summed E-state index contributed by atoms with van der Waals surface area (Å²) >= 11 is 11.9. The molecule has 20 heteroatoms. The summed E-state index contributed by atoms with van der Waals surface area (Å²) in [7, 11) is -8.95. The van der Waals surface area contributed by atoms with Crippen LogP contribution in [0.25, 0.3) is 22.3 Å². The van der Waals surface area contributed by atoms with Crippen LogP contribution in [0.15, 0.2) is 155 Å². The highest BCUT2D eigenvalue weighted by Crippen LogP contribution is 2.59. The first kappa shape index (κ1) is 58.3. The molecule has 0 amide bonds. The van der Waals surface area contributed by atoms with E-state index in [-0.39, 0.29) is 22.6 Å². The highest BCUT2D eigenvalue weighted by atomic mass is 35.5. The number of sulfonamides is 2. The monoisotopic (exact) mass is 1130 g/mol. The summed E-state index contributed by atoms with van der Waals surface area (Å²) in [5.41, 5.74) is -0.436. The summed E-state index contributed by atoms with van der Waals surface area (Å²) < 4.78 is 68.7. The Kier molecular flexibility index (Phi) is 16.8. The van der Waals surface area contributed by atoms with Crippen LogP contribution in [0.2, 0.25) is 10.0 Å². The molecule has 6 aromatic rings. The number of hydrogen-bond acceptors (Lipinski definition) is 12. The van der Waals surface area contributed by atoms with Gasteiger partial charge in [0.1, 0.15) is 35.4 Å². The molecule has 2 saturated carbocycles. The van der Waals surface area contributed by atoms with Gasteiger partial charge in [0, 0.05) is 21.9 Å². The highest BCUT2D eigenvalue weighted by molar-refractivity contribution is 7.89. The zero-order valence-electron chi connectivity index (χ0n) is 43.2. The van der Waals surface area contributed by atoms with Gasteiger partial charge in [0.25, 0.3) is 0 Å². The second kappa shape index (κ2) is 22.5. The van der Waals surface area contributed by atoms with Gasteiger partial charge < -0.3 is 19.7 Å². The molecule has 2 aliphatic rings. The van der Waals surface area contributed by atoms with E-state index >= 15 is 0 Å². The second-order valence-electron chi connectivity index (χ2n) is 20.7. The van der Waals surface area contributed by atoms with E-state index in [1.807, 2.05) is 18.2 Å². The molecule has 78 heavy (non-hydrogen) atoms. The largest absolute Gasteiger partial charge is 0.480 e. The summed E-state index contributed by atoms with van der Waals surface area (Å²) in [5.74, 6) is -5.87. The Morgan fingerprint density at radius 3 is 1.21 bits per heavy atom. The van der Waals surface area contributed by atoms with Gasteiger partial charge >= 0.3 is 23.9 Å². The summed E-state index contributed by atoms with van der Waals surface area (Å²) in [6, 6.07) is 42.8. The quantitative estimate of drug-likeness (QED) is 0.0856. The van der Waals surface area contributed by atoms with Crippen LogP contribution in [-0.4, -0.2) is 94.9 Å². The average Bonchev–Trinajstić information content (AvgIpc) is 4.51. The predicted molar refractivity (Wildman–Crippen MR) is 291 cm³/mol. The van der Waals surface area contributed by atoms with Gasteiger partial charge in [-0.05, 0) is 161 Å². The molecule has 2 aliphatic carbocycles. The van der Waals surface area contributed by atoms with Gasteiger partial charge in [0.15, 0.2) is 0 Å². The maximum Gasteiger partial charge on any atom is 0.328 e. The van der Waals surface area contributed by atoms with Crippen LogP contribution in [0.4, 0.5) is 0 Å². The van der Waals surface area contributed by atoms with Gasteiger partial charge in [-0.3, -0.25) is 14.4 Å². The third kappa shape index (κ3) is 12.8. The lowest BCUT2D eigenvalue weighted by atomic mass is 10.0. The first-order chi connectivity index (χ1) is 36.5. The number of halogens is 2. The van der Waals surface area contributed by atoms with Crippen LogP contribution in [-0.2, 0) is 48.7 Å². The summed E-state index contributed by atoms with van der Waals surface area (Å²) in [5, 5.41) is 38.9. The molecule has 6 aromatic carbocycles. The number of esters is 2. The first-order valence-corrected chi connectivity index (χ1v) is 27.9. The normalized spacial score (nSPS) is 18.8. The number of carbonyl (C=O) groups is 4. The summed E-state index contributed by atoms with van der Waals surface area (Å²) in [6.07, 6.45) is -0.0116. The molecule has 0 unspecified atom stereocenters. The standard InChI is InChI=1S/C33H35ClN2O6S.C25H19ClN2O6S/c1-31(2,3)41-29(37)21-36(43(39,40)27-17-13-24(14-18-27)23-11-15-26(34)16-12-23)33(30(38)42-32(4,5)6)19-28(33)25-9-7-22(20-35)8-10-25;26-20-9-5-17(6-10-20)18-7-11-21(12-8-18)35(33,34)28(15-23(29)30)25(24(31)32)13-22(25)19-3-1-16(14-27)2-4-19/h7-18,28H,19,21H2,1-6H3;1-12,22H,13,15H2,(H,29,30)(H,31,32)/t28-,33+;22-,25+/m11/s1. The molecule has 16 nitrogen and oxygen atoms in total. The molecule has 0 bridgehead atoms. The van der Waals surface area contributed by atoms with Crippen molar-refractivity contribution in [2.24, 2.45) is 0 Å². The van der Waals surface area contributed by atoms with E-state index in [0.29, 0.717) is 42.2 Å². The number of aliphatic carboxylic acids is 2. The molecule has 0 heterocycles. The fourth-order valence-corrected chi connectivity index (χ4v) is 12.8. The number of nitriles is 2. The lowest BCUT2D eigenvalue weighted by Gasteiger charge is -2.33. The third-order valence-corrected chi connectivity index (χ3v) is 17.3. The molecule has 8 rings (SSSR count). The molecule has 4 atom stereocenters. The van der Waals surface area contributed by atoms with Gasteiger partial charge in [0.2, 0.25) is 20.0 Å². The number of ether oxygens (including phenoxy) is 2. The summed E-state index contributed by atoms with van der Waals surface area (Å²) in [4.78, 5) is 50.9. The third-order valence-electron chi connectivity index (χ3n) is 13.0. The van der Waals surface area contributed by atoms with Crippen LogP contribution < -0.4 is 0 Å². The molecule has 0 aromatic heterocycles. The Labute approximate surface area is 463 Å². The Bertz CT molecular complexity index is 3560. The molecule has 2 N–H and O–H groups in total. The van der Waals surface area contributed by atoms with Crippen LogP contribution in [0.5, 0.6) is 0 Å². The molecule has 404 valence electrons. The minimum atomic E-state index is -4.50. The minimum absolute atomic E-state index is 0.0820. The van der Waals surface area contributed by atoms with E-state index in [2.05, 4.69) is 6.07 Å². The smallest absolute Gasteiger partial charge is 0.328 e. The molecule has 0 aliphatic heterocycles. The van der Waals surface area contributed by atoms with Crippen LogP contribution in [0.1, 0.15) is 88.5 Å². The molecule has 0 spiro atoms. The minimum Gasteiger partial charge on any atom is -0.480 e. The van der Waals surface area contributed by atoms with E-state index in [4.69, 9.17) is 37.9 Å². The molecular formula is C58H54Cl2N4O12S2. The fraction of sp³-hybridized carbons (Fsp3) is 0.276. The van der Waals surface area contributed by atoms with Crippen molar-refractivity contribution in [2.75, 3.05) is 13.1 Å². The maximum atomic E-state index is 14.4. The number of benzene rings is 6. The van der Waals surface area contributed by atoms with Gasteiger partial charge in [-0.15, -0.1) is 0 Å². The van der Waals surface area contributed by atoms with Crippen molar-refractivity contribution in [3.8, 4) is 34.4 Å². The van der Waals surface area contributed by atoms with Crippen LogP contribution in [0.3, 0.4) is 0 Å². The van der Waals surface area contributed by atoms with Crippen molar-refractivity contribution in [3.63, 3.8) is 0 Å². The number of carboxylic acid groups (broad SMARTS) is 2. The number of carboxylic acids is 2. The van der Waals surface area contributed by atoms with Crippen molar-refractivity contribution < 1.29 is 55.7 Å². The average molecular weight is 1130 g/mol. The second-order valence-corrected chi connectivity index (χ2v) is 25.3. The van der Waals surface area contributed by atoms with Crippen molar-refractivity contribution >= 4 is 67.1 Å². The number of rotatable bonds is 16. The van der Waals surface area contributed by atoms with Crippen LogP contribution >= 0.6 is 23.2 Å². The van der Waals surface area contributed by atoms with Crippen molar-refractivity contribution in [1.82, 2.24) is 8.61 Å². The Morgan fingerprint density at radius 1 is 0.538 bits per heavy atom. The topological polar surface area (TPSA) is 250 Å². The SMILES string of the molecule is CC(C)(C)OC(=O)CN([C@@]1(C(=O)OC(C)(C)C)C[C@@H]1c1ccc(C#N)cc1)S(=O)(=O)c1ccc(-c2ccc(Cl)cc2)cc1.N#Cc1ccc([C@H]2C[C@]2(C(=O)O)N(CC(=O)O)S(=O)(=O)c2ccc(-c3ccc(Cl)cc3)cc2)cc1. The highest BCUT2D eigenvalue weighted by Gasteiger charge is 2.70. The zero-order chi connectivity index (χ0) is 57.2. The lowest BCUT2D eigenvalue weighted by Crippen LogP contribution is -2.53. The Hall–Kier alpha value is -7.42. The molecule has 2 fully saturated rings. The summed E-state index contributed by atoms with van der Waals surface area (Å²) in [6.45, 7) is 8.41. The molecule has 0 radical (unpaired) electrons. The van der Waals surface area contributed by atoms with Gasteiger partial charge in [-0.25, -0.2) is 21.6 Å². The fourth-order valence-electron chi connectivity index (χ4n) is 9.13. The van der Waals surface area contributed by atoms with E-state index in [9.17, 15) is 51.5 Å². The van der Waals surface area contributed by atoms with Crippen molar-refractivity contribution in [2.45, 2.75) is 98.3 Å². The van der Waals surface area contributed by atoms with Gasteiger partial charge in [0.05, 0.1) is 33.1 Å². The first-order valence-electron chi connectivity index (χ1n) is 24.2. The van der Waals surface area contributed by atoms with E-state index < -0.39 is 91.1 Å². The molecule has 0 saturated heterocycles. The molecular weight excluding hydrogens is 1080 g/mol. The van der Waals surface area contributed by atoms with Gasteiger partial charge in [-0.1, -0.05) is 96.0 Å². The number of nitrogens with zero attached hydrogens (tertiary/aromatic N) is 4. The lowest BCUT2D eigenvalue weighted by molar-refractivity contribution is -0.164. The maximum absolute atomic E-state index is 14.4. The van der Waals surface area contributed by atoms with E-state index in [0.717, 1.165) is 21.0 Å². The van der Waals surface area contributed by atoms with E-state index in [1.54, 1.807) is 139 Å². The van der Waals surface area contributed by atoms with Crippen molar-refractivity contribution in [3.05, 3.63) is 178 Å².